The lowest BCUT2D eigenvalue weighted by molar-refractivity contribution is -0.153. The number of piperazine rings is 1. The van der Waals surface area contributed by atoms with E-state index >= 15 is 0 Å². The van der Waals surface area contributed by atoms with Gasteiger partial charge in [-0.15, -0.1) is 0 Å². The van der Waals surface area contributed by atoms with Gasteiger partial charge in [0.15, 0.2) is 18.2 Å². The molecule has 11 nitrogen and oxygen atoms in total. The highest BCUT2D eigenvalue weighted by molar-refractivity contribution is 6.06. The van der Waals surface area contributed by atoms with Crippen LogP contribution in [0.5, 0.6) is 5.75 Å². The number of nitrogens with zero attached hydrogens (tertiary/aromatic N) is 7. The van der Waals surface area contributed by atoms with E-state index in [0.717, 1.165) is 92.4 Å². The summed E-state index contributed by atoms with van der Waals surface area (Å²) in [5.74, 6) is -0.200. The van der Waals surface area contributed by atoms with Gasteiger partial charge in [0.25, 0.3) is 5.91 Å². The van der Waals surface area contributed by atoms with Gasteiger partial charge in [0, 0.05) is 93.4 Å². The Balaban J connectivity index is 1.16. The Hall–Kier alpha value is -4.50. The summed E-state index contributed by atoms with van der Waals surface area (Å²) in [7, 11) is 0. The molecule has 6 heterocycles. The number of benzene rings is 2. The minimum atomic E-state index is -4.58. The number of likely N-dealkylation sites (tertiary alicyclic amines) is 1. The minimum absolute atomic E-state index is 0.118. The lowest BCUT2D eigenvalue weighted by Gasteiger charge is -2.54. The molecular formula is C40H46F4N8O3. The number of H-pyrrole nitrogens is 1. The Kier molecular flexibility index (Phi) is 9.14. The van der Waals surface area contributed by atoms with Crippen LogP contribution in [-0.4, -0.2) is 120 Å². The van der Waals surface area contributed by atoms with Gasteiger partial charge in [0.2, 0.25) is 5.95 Å². The van der Waals surface area contributed by atoms with Crippen LogP contribution >= 0.6 is 0 Å². The molecule has 2 aromatic carbocycles. The quantitative estimate of drug-likeness (QED) is 0.159. The van der Waals surface area contributed by atoms with Gasteiger partial charge in [0.1, 0.15) is 11.3 Å². The number of aromatic nitrogens is 4. The number of carbonyl (C=O) groups excluding carboxylic acids is 1. The number of amides is 1. The Morgan fingerprint density at radius 3 is 2.38 bits per heavy atom. The summed E-state index contributed by atoms with van der Waals surface area (Å²) in [5.41, 5.74) is 4.27. The molecule has 4 aromatic rings. The summed E-state index contributed by atoms with van der Waals surface area (Å²) in [4.78, 5) is 31.0. The fourth-order valence-electron chi connectivity index (χ4n) is 9.26. The van der Waals surface area contributed by atoms with Crippen LogP contribution in [0.1, 0.15) is 55.6 Å². The molecule has 4 aliphatic heterocycles. The van der Waals surface area contributed by atoms with Crippen molar-refractivity contribution in [1.82, 2.24) is 30.0 Å². The highest BCUT2D eigenvalue weighted by Crippen LogP contribution is 2.53. The van der Waals surface area contributed by atoms with E-state index in [0.29, 0.717) is 73.5 Å². The van der Waals surface area contributed by atoms with Crippen molar-refractivity contribution in [3.63, 3.8) is 0 Å². The second-order valence-electron chi connectivity index (χ2n) is 16.1. The molecule has 5 fully saturated rings. The summed E-state index contributed by atoms with van der Waals surface area (Å²) in [6.45, 7) is 10.4. The molecule has 0 radical (unpaired) electrons. The van der Waals surface area contributed by atoms with Crippen LogP contribution < -0.4 is 14.5 Å². The van der Waals surface area contributed by atoms with Crippen LogP contribution in [0.3, 0.4) is 0 Å². The summed E-state index contributed by atoms with van der Waals surface area (Å²) >= 11 is 0. The van der Waals surface area contributed by atoms with Gasteiger partial charge in [-0.1, -0.05) is 12.6 Å². The zero-order valence-corrected chi connectivity index (χ0v) is 31.1. The second-order valence-corrected chi connectivity index (χ2v) is 16.1. The van der Waals surface area contributed by atoms with Gasteiger partial charge in [-0.05, 0) is 80.2 Å². The van der Waals surface area contributed by atoms with E-state index in [4.69, 9.17) is 19.4 Å². The molecule has 4 saturated heterocycles. The maximum absolute atomic E-state index is 14.1. The first-order valence-electron chi connectivity index (χ1n) is 19.4. The van der Waals surface area contributed by atoms with Crippen molar-refractivity contribution in [2.24, 2.45) is 5.41 Å². The van der Waals surface area contributed by atoms with E-state index in [1.165, 1.54) is 4.90 Å². The van der Waals surface area contributed by atoms with Crippen molar-refractivity contribution in [2.75, 3.05) is 82.0 Å². The molecule has 292 valence electrons. The van der Waals surface area contributed by atoms with E-state index in [-0.39, 0.29) is 17.1 Å². The molecule has 1 N–H and O–H groups in total. The van der Waals surface area contributed by atoms with Crippen LogP contribution in [0.2, 0.25) is 0 Å². The average molecular weight is 763 g/mol. The molecule has 55 heavy (non-hydrogen) atoms. The lowest BCUT2D eigenvalue weighted by atomic mass is 9.72. The maximum atomic E-state index is 14.1. The average Bonchev–Trinajstić information content (AvgIpc) is 3.91. The smallest absolute Gasteiger partial charge is 0.422 e. The number of rotatable bonds is 8. The number of hydrogen-bond donors (Lipinski definition) is 1. The van der Waals surface area contributed by atoms with E-state index < -0.39 is 24.5 Å². The van der Waals surface area contributed by atoms with Gasteiger partial charge >= 0.3 is 6.18 Å². The molecular weight excluding hydrogens is 716 g/mol. The first-order valence-corrected chi connectivity index (χ1v) is 19.4. The molecule has 1 spiro atoms. The van der Waals surface area contributed by atoms with Crippen molar-refractivity contribution in [3.8, 4) is 16.9 Å². The molecule has 0 unspecified atom stereocenters. The maximum Gasteiger partial charge on any atom is 0.422 e. The number of ether oxygens (including phenoxy) is 2. The van der Waals surface area contributed by atoms with E-state index in [1.807, 2.05) is 19.1 Å². The highest BCUT2D eigenvalue weighted by Gasteiger charge is 2.48. The van der Waals surface area contributed by atoms with Crippen LogP contribution in [0, 0.1) is 12.3 Å². The molecule has 1 aliphatic carbocycles. The molecule has 0 bridgehead atoms. The first kappa shape index (κ1) is 36.2. The van der Waals surface area contributed by atoms with E-state index in [1.54, 1.807) is 6.20 Å². The molecule has 15 heteroatoms. The minimum Gasteiger partial charge on any atom is -0.481 e. The number of nitrogens with one attached hydrogen (secondary N) is 1. The fourth-order valence-corrected chi connectivity index (χ4v) is 9.26. The number of aromatic amines is 1. The van der Waals surface area contributed by atoms with Gasteiger partial charge in [-0.3, -0.25) is 14.8 Å². The predicted molar refractivity (Wildman–Crippen MR) is 201 cm³/mol. The van der Waals surface area contributed by atoms with E-state index in [9.17, 15) is 22.4 Å². The largest absolute Gasteiger partial charge is 0.481 e. The standard InChI is InChI=1S/C40H46F4N8O3/c1-24-3-6-31-30(20-45-48-31)32(24)33-28(26-4-5-26)19-29-34(35(33)55-23-40(42,43)44)46-38(51-15-13-49(14-16-51)27-7-17-54-18-8-27)47-36(29)50-11-9-39(10-12-50)21-52(22-39)37(53)25(2)41/h3,6,19-20,26-27H,2,4-5,7-18,21-23H2,1H3,(H,45,48). The Morgan fingerprint density at radius 1 is 0.982 bits per heavy atom. The Labute approximate surface area is 316 Å². The number of hydrogen-bond acceptors (Lipinski definition) is 9. The summed E-state index contributed by atoms with van der Waals surface area (Å²) in [6.07, 6.45) is 2.48. The molecule has 9 rings (SSSR count). The van der Waals surface area contributed by atoms with Gasteiger partial charge in [-0.2, -0.15) is 23.3 Å². The third kappa shape index (κ3) is 6.87. The monoisotopic (exact) mass is 762 g/mol. The summed E-state index contributed by atoms with van der Waals surface area (Å²) in [6, 6.07) is 6.46. The van der Waals surface area contributed by atoms with Crippen molar-refractivity contribution < 1.29 is 31.8 Å². The molecule has 2 aromatic heterocycles. The molecule has 5 aliphatic rings. The number of anilines is 2. The molecule has 0 atom stereocenters. The number of carbonyl (C=O) groups is 1. The third-order valence-corrected chi connectivity index (χ3v) is 12.4. The Bertz CT molecular complexity index is 2120. The first-order chi connectivity index (χ1) is 26.5. The van der Waals surface area contributed by atoms with Crippen LogP contribution in [-0.2, 0) is 9.53 Å². The third-order valence-electron chi connectivity index (χ3n) is 12.4. The van der Waals surface area contributed by atoms with Gasteiger partial charge < -0.3 is 24.2 Å². The van der Waals surface area contributed by atoms with Crippen molar-refractivity contribution in [3.05, 3.63) is 47.9 Å². The van der Waals surface area contributed by atoms with Crippen molar-refractivity contribution in [1.29, 1.82) is 0 Å². The Morgan fingerprint density at radius 2 is 1.71 bits per heavy atom. The second kappa shape index (κ2) is 13.9. The summed E-state index contributed by atoms with van der Waals surface area (Å²) < 4.78 is 67.6. The van der Waals surface area contributed by atoms with Crippen LogP contribution in [0.25, 0.3) is 32.9 Å². The van der Waals surface area contributed by atoms with E-state index in [2.05, 4.69) is 37.5 Å². The number of fused-ring (bicyclic) bond motifs is 2. The zero-order valence-electron chi connectivity index (χ0n) is 31.1. The SMILES string of the molecule is C=C(F)C(=O)N1CC2(CCN(c3nc(N4CCN(C5CCOCC5)CC4)nc4c(OCC(F)(F)F)c(-c5c(C)ccc6[nH]ncc56)c(C5CC5)cc34)CC2)C1. The number of halogens is 4. The lowest BCUT2D eigenvalue weighted by Crippen LogP contribution is -2.62. The topological polar surface area (TPSA) is 103 Å². The molecule has 1 amide bonds. The summed E-state index contributed by atoms with van der Waals surface area (Å²) in [5, 5.41) is 8.80. The zero-order chi connectivity index (χ0) is 38.1. The normalized spacial score (nSPS) is 21.1. The fraction of sp³-hybridized carbons (Fsp3) is 0.550. The van der Waals surface area contributed by atoms with Crippen molar-refractivity contribution in [2.45, 2.75) is 63.6 Å². The van der Waals surface area contributed by atoms with Crippen molar-refractivity contribution >= 4 is 39.5 Å². The number of piperidine rings is 1. The van der Waals surface area contributed by atoms with Crippen LogP contribution in [0.15, 0.2) is 36.8 Å². The van der Waals surface area contributed by atoms with Crippen LogP contribution in [0.4, 0.5) is 29.3 Å². The van der Waals surface area contributed by atoms with Gasteiger partial charge in [0.05, 0.1) is 11.7 Å². The number of aryl methyl sites for hydroxylation is 1. The molecule has 1 saturated carbocycles. The predicted octanol–water partition coefficient (Wildman–Crippen LogP) is 6.51. The van der Waals surface area contributed by atoms with Gasteiger partial charge in [-0.25, -0.2) is 9.37 Å². The number of alkyl halides is 3. The highest BCUT2D eigenvalue weighted by atomic mass is 19.4.